The fourth-order valence-corrected chi connectivity index (χ4v) is 1.84. The maximum atomic E-state index is 12.2. The average molecular weight is 278 g/mol. The van der Waals surface area contributed by atoms with Gasteiger partial charge in [-0.05, 0) is 31.0 Å². The van der Waals surface area contributed by atoms with Gasteiger partial charge in [0, 0.05) is 38.7 Å². The van der Waals surface area contributed by atoms with Crippen LogP contribution in [0.2, 0.25) is 0 Å². The average Bonchev–Trinajstić information content (AvgIpc) is 2.46. The van der Waals surface area contributed by atoms with E-state index in [-0.39, 0.29) is 18.4 Å². The Morgan fingerprint density at radius 1 is 1.25 bits per heavy atom. The van der Waals surface area contributed by atoms with E-state index < -0.39 is 0 Å². The van der Waals surface area contributed by atoms with Crippen LogP contribution in [0, 0.1) is 0 Å². The van der Waals surface area contributed by atoms with Crippen LogP contribution in [-0.4, -0.2) is 41.5 Å². The van der Waals surface area contributed by atoms with Crippen molar-refractivity contribution in [2.75, 3.05) is 19.7 Å². The molecule has 5 nitrogen and oxygen atoms in total. The number of hydrogen-bond donors (Lipinski definition) is 2. The summed E-state index contributed by atoms with van der Waals surface area (Å²) in [5, 5.41) is 11.5. The highest BCUT2D eigenvalue weighted by atomic mass is 16.3. The van der Waals surface area contributed by atoms with E-state index in [0.717, 1.165) is 5.56 Å². The molecule has 0 heterocycles. The number of rotatable bonds is 7. The number of aliphatic hydroxyl groups is 1. The molecule has 20 heavy (non-hydrogen) atoms. The van der Waals surface area contributed by atoms with Gasteiger partial charge in [-0.2, -0.15) is 0 Å². The SMILES string of the molecule is CCN(CCCO)C(=O)c1ccc(CNC(C)=O)cc1. The molecule has 0 spiro atoms. The highest BCUT2D eigenvalue weighted by Gasteiger charge is 2.13. The van der Waals surface area contributed by atoms with Crippen LogP contribution < -0.4 is 5.32 Å². The minimum Gasteiger partial charge on any atom is -0.396 e. The second-order valence-corrected chi connectivity index (χ2v) is 4.57. The topological polar surface area (TPSA) is 69.6 Å². The summed E-state index contributed by atoms with van der Waals surface area (Å²) in [6, 6.07) is 7.20. The zero-order valence-corrected chi connectivity index (χ0v) is 12.1. The molecule has 0 saturated carbocycles. The van der Waals surface area contributed by atoms with Gasteiger partial charge >= 0.3 is 0 Å². The Bertz CT molecular complexity index is 443. The van der Waals surface area contributed by atoms with Crippen LogP contribution in [0.25, 0.3) is 0 Å². The molecule has 0 aromatic heterocycles. The Balaban J connectivity index is 2.66. The zero-order chi connectivity index (χ0) is 15.0. The van der Waals surface area contributed by atoms with Crippen molar-refractivity contribution in [3.05, 3.63) is 35.4 Å². The van der Waals surface area contributed by atoms with Gasteiger partial charge in [-0.3, -0.25) is 9.59 Å². The number of nitrogens with one attached hydrogen (secondary N) is 1. The molecule has 0 atom stereocenters. The molecule has 0 fully saturated rings. The van der Waals surface area contributed by atoms with Gasteiger partial charge < -0.3 is 15.3 Å². The van der Waals surface area contributed by atoms with Crippen molar-refractivity contribution in [1.82, 2.24) is 10.2 Å². The summed E-state index contributed by atoms with van der Waals surface area (Å²) in [6.07, 6.45) is 0.584. The Hall–Kier alpha value is -1.88. The summed E-state index contributed by atoms with van der Waals surface area (Å²) < 4.78 is 0. The molecule has 0 bridgehead atoms. The van der Waals surface area contributed by atoms with E-state index in [1.807, 2.05) is 19.1 Å². The van der Waals surface area contributed by atoms with Crippen LogP contribution in [0.15, 0.2) is 24.3 Å². The number of carbonyl (C=O) groups is 2. The number of aliphatic hydroxyl groups excluding tert-OH is 1. The van der Waals surface area contributed by atoms with E-state index in [1.165, 1.54) is 6.92 Å². The minimum atomic E-state index is -0.0775. The Labute approximate surface area is 119 Å². The summed E-state index contributed by atoms with van der Waals surface area (Å²) in [4.78, 5) is 24.8. The summed E-state index contributed by atoms with van der Waals surface area (Å²) in [5.74, 6) is -0.113. The van der Waals surface area contributed by atoms with E-state index >= 15 is 0 Å². The molecular formula is C15H22N2O3. The van der Waals surface area contributed by atoms with Crippen molar-refractivity contribution in [3.63, 3.8) is 0 Å². The third-order valence-corrected chi connectivity index (χ3v) is 3.00. The van der Waals surface area contributed by atoms with Gasteiger partial charge in [0.15, 0.2) is 0 Å². The summed E-state index contributed by atoms with van der Waals surface area (Å²) in [7, 11) is 0. The van der Waals surface area contributed by atoms with Crippen molar-refractivity contribution in [2.24, 2.45) is 0 Å². The van der Waals surface area contributed by atoms with Crippen LogP contribution >= 0.6 is 0 Å². The summed E-state index contributed by atoms with van der Waals surface area (Å²) in [5.41, 5.74) is 1.58. The van der Waals surface area contributed by atoms with Crippen LogP contribution in [0.1, 0.15) is 36.2 Å². The number of carbonyl (C=O) groups excluding carboxylic acids is 2. The molecule has 5 heteroatoms. The van der Waals surface area contributed by atoms with Gasteiger partial charge in [0.05, 0.1) is 0 Å². The van der Waals surface area contributed by atoms with Crippen LogP contribution in [0.3, 0.4) is 0 Å². The van der Waals surface area contributed by atoms with E-state index in [2.05, 4.69) is 5.32 Å². The van der Waals surface area contributed by atoms with Gasteiger partial charge in [-0.1, -0.05) is 12.1 Å². The molecule has 2 amide bonds. The second kappa shape index (κ2) is 8.32. The number of benzene rings is 1. The largest absolute Gasteiger partial charge is 0.396 e. The van der Waals surface area contributed by atoms with Gasteiger partial charge in [0.2, 0.25) is 5.91 Å². The molecule has 0 aliphatic carbocycles. The van der Waals surface area contributed by atoms with Crippen molar-refractivity contribution in [2.45, 2.75) is 26.8 Å². The lowest BCUT2D eigenvalue weighted by Gasteiger charge is -2.20. The number of amides is 2. The number of hydrogen-bond acceptors (Lipinski definition) is 3. The van der Waals surface area contributed by atoms with Crippen molar-refractivity contribution >= 4 is 11.8 Å². The maximum Gasteiger partial charge on any atom is 0.253 e. The highest BCUT2D eigenvalue weighted by molar-refractivity contribution is 5.94. The lowest BCUT2D eigenvalue weighted by molar-refractivity contribution is -0.119. The molecule has 0 saturated heterocycles. The first-order valence-corrected chi connectivity index (χ1v) is 6.82. The fourth-order valence-electron chi connectivity index (χ4n) is 1.84. The first kappa shape index (κ1) is 16.2. The van der Waals surface area contributed by atoms with Crippen molar-refractivity contribution in [1.29, 1.82) is 0 Å². The molecule has 1 aromatic rings. The monoisotopic (exact) mass is 278 g/mol. The first-order valence-electron chi connectivity index (χ1n) is 6.82. The van der Waals surface area contributed by atoms with Gasteiger partial charge in [0.1, 0.15) is 0 Å². The van der Waals surface area contributed by atoms with Crippen molar-refractivity contribution < 1.29 is 14.7 Å². The first-order chi connectivity index (χ1) is 9.58. The molecule has 0 aliphatic rings. The van der Waals surface area contributed by atoms with Gasteiger partial charge in [0.25, 0.3) is 5.91 Å². The van der Waals surface area contributed by atoms with E-state index in [4.69, 9.17) is 5.11 Å². The zero-order valence-electron chi connectivity index (χ0n) is 12.1. The molecule has 1 rings (SSSR count). The standard InChI is InChI=1S/C15H22N2O3/c1-3-17(9-4-10-18)15(20)14-7-5-13(6-8-14)11-16-12(2)19/h5-8,18H,3-4,9-11H2,1-2H3,(H,16,19). The Kier molecular flexibility index (Phi) is 6.73. The third-order valence-electron chi connectivity index (χ3n) is 3.00. The molecule has 0 unspecified atom stereocenters. The molecular weight excluding hydrogens is 256 g/mol. The van der Waals surface area contributed by atoms with Crippen molar-refractivity contribution in [3.8, 4) is 0 Å². The molecule has 1 aromatic carbocycles. The molecule has 0 radical (unpaired) electrons. The summed E-state index contributed by atoms with van der Waals surface area (Å²) in [6.45, 7) is 5.11. The smallest absolute Gasteiger partial charge is 0.253 e. The molecule has 2 N–H and O–H groups in total. The molecule has 0 aliphatic heterocycles. The van der Waals surface area contributed by atoms with Crippen LogP contribution in [0.4, 0.5) is 0 Å². The third kappa shape index (κ3) is 5.01. The Morgan fingerprint density at radius 3 is 2.40 bits per heavy atom. The van der Waals surface area contributed by atoms with E-state index in [0.29, 0.717) is 31.6 Å². The normalized spacial score (nSPS) is 10.2. The predicted molar refractivity (Wildman–Crippen MR) is 77.2 cm³/mol. The lowest BCUT2D eigenvalue weighted by atomic mass is 10.1. The van der Waals surface area contributed by atoms with E-state index in [1.54, 1.807) is 17.0 Å². The van der Waals surface area contributed by atoms with E-state index in [9.17, 15) is 9.59 Å². The van der Waals surface area contributed by atoms with Gasteiger partial charge in [-0.15, -0.1) is 0 Å². The number of nitrogens with zero attached hydrogens (tertiary/aromatic N) is 1. The second-order valence-electron chi connectivity index (χ2n) is 4.57. The molecule has 110 valence electrons. The maximum absolute atomic E-state index is 12.2. The van der Waals surface area contributed by atoms with Crippen LogP contribution in [-0.2, 0) is 11.3 Å². The highest BCUT2D eigenvalue weighted by Crippen LogP contribution is 2.08. The Morgan fingerprint density at radius 2 is 1.90 bits per heavy atom. The summed E-state index contributed by atoms with van der Waals surface area (Å²) >= 11 is 0. The fraction of sp³-hybridized carbons (Fsp3) is 0.467. The quantitative estimate of drug-likeness (QED) is 0.786. The van der Waals surface area contributed by atoms with Crippen LogP contribution in [0.5, 0.6) is 0 Å². The minimum absolute atomic E-state index is 0.0352. The van der Waals surface area contributed by atoms with Gasteiger partial charge in [-0.25, -0.2) is 0 Å². The lowest BCUT2D eigenvalue weighted by Crippen LogP contribution is -2.32. The predicted octanol–water partition coefficient (Wildman–Crippen LogP) is 1.17.